The van der Waals surface area contributed by atoms with Gasteiger partial charge in [-0.1, -0.05) is 25.1 Å². The van der Waals surface area contributed by atoms with Gasteiger partial charge in [-0.25, -0.2) is 8.78 Å². The van der Waals surface area contributed by atoms with Gasteiger partial charge in [-0.15, -0.1) is 0 Å². The van der Waals surface area contributed by atoms with Crippen LogP contribution in [0.15, 0.2) is 54.9 Å². The standard InChI is InChI=1S/C52H60F2N8O3/c1-3-39-42(53)8-7-35-23-38(63)25-40(44(35)39)46-45(54)47-41(29-55-46)48(62-17-4-11-52(31-62)16-22-65-52)58-49(57-47)64-32-51(12-13-51)30-60-20-14-50(15-21-60)26-37(27-50)61-18-9-33(10-19-61)34-5-6-36-28-56-59(2)43(36)24-34/h5-8,23-25,28-29,33,37,63H,3-4,9-22,26-27,30-32H2,1-2H3/t52-/m0/s1. The highest BCUT2D eigenvalue weighted by Crippen LogP contribution is 2.53. The zero-order valence-electron chi connectivity index (χ0n) is 37.8. The Morgan fingerprint density at radius 2 is 1.69 bits per heavy atom. The third-order valence-electron chi connectivity index (χ3n) is 16.8. The third-order valence-corrected chi connectivity index (χ3v) is 16.8. The minimum absolute atomic E-state index is 0.00526. The SMILES string of the molecule is CCc1c(F)ccc2cc(O)cc(-c3ncc4c(N5CCC[C@]6(CCO6)C5)nc(OCC5(CN6CCC7(CC6)CC(N6CCC(c8ccc9cnn(C)c9c8)CC6)C7)CC5)nc4c3F)c12. The van der Waals surface area contributed by atoms with Gasteiger partial charge in [0.25, 0.3) is 0 Å². The lowest BCUT2D eigenvalue weighted by atomic mass is 9.59. The largest absolute Gasteiger partial charge is 0.508 e. The molecule has 340 valence electrons. The number of fused-ring (bicyclic) bond motifs is 3. The summed E-state index contributed by atoms with van der Waals surface area (Å²) in [5.41, 5.74) is 3.86. The molecule has 2 saturated carbocycles. The average molecular weight is 883 g/mol. The number of anilines is 1. The summed E-state index contributed by atoms with van der Waals surface area (Å²) >= 11 is 0. The van der Waals surface area contributed by atoms with Crippen LogP contribution in [-0.2, 0) is 18.2 Å². The molecule has 1 atom stereocenters. The molecule has 3 aromatic carbocycles. The van der Waals surface area contributed by atoms with Crippen molar-refractivity contribution in [2.45, 2.75) is 102 Å². The molecular weight excluding hydrogens is 823 g/mol. The summed E-state index contributed by atoms with van der Waals surface area (Å²) in [6, 6.07) is 13.8. The molecule has 0 radical (unpaired) electrons. The van der Waals surface area contributed by atoms with Crippen molar-refractivity contribution in [1.82, 2.24) is 34.5 Å². The van der Waals surface area contributed by atoms with Crippen LogP contribution in [0.2, 0.25) is 0 Å². The molecule has 2 spiro atoms. The molecular formula is C52H60F2N8O3. The molecule has 0 bridgehead atoms. The summed E-state index contributed by atoms with van der Waals surface area (Å²) < 4.78 is 47.1. The first-order valence-electron chi connectivity index (χ1n) is 24.3. The van der Waals surface area contributed by atoms with Gasteiger partial charge in [0.05, 0.1) is 35.9 Å². The van der Waals surface area contributed by atoms with Crippen molar-refractivity contribution in [2.75, 3.05) is 63.9 Å². The molecule has 3 aromatic heterocycles. The highest BCUT2D eigenvalue weighted by Gasteiger charge is 2.51. The molecule has 65 heavy (non-hydrogen) atoms. The first-order chi connectivity index (χ1) is 31.6. The Labute approximate surface area is 379 Å². The number of halogens is 2. The van der Waals surface area contributed by atoms with Gasteiger partial charge in [0.1, 0.15) is 28.6 Å². The maximum atomic E-state index is 17.2. The molecule has 1 N–H and O–H groups in total. The number of aromatic nitrogens is 5. The molecule has 6 aliphatic rings. The van der Waals surface area contributed by atoms with Gasteiger partial charge in [0.15, 0.2) is 5.82 Å². The Morgan fingerprint density at radius 1 is 0.892 bits per heavy atom. The molecule has 4 saturated heterocycles. The first kappa shape index (κ1) is 41.5. The highest BCUT2D eigenvalue weighted by molar-refractivity contribution is 6.01. The Kier molecular flexibility index (Phi) is 10.1. The Hall–Kier alpha value is -4.98. The minimum atomic E-state index is -0.647. The second-order valence-corrected chi connectivity index (χ2v) is 20.8. The van der Waals surface area contributed by atoms with Crippen molar-refractivity contribution in [3.8, 4) is 23.0 Å². The number of benzene rings is 3. The Balaban J connectivity index is 0.727. The van der Waals surface area contributed by atoms with E-state index in [0.717, 1.165) is 70.9 Å². The van der Waals surface area contributed by atoms with E-state index < -0.39 is 5.82 Å². The number of pyridine rings is 1. The van der Waals surface area contributed by atoms with Gasteiger partial charge in [-0.2, -0.15) is 15.1 Å². The van der Waals surface area contributed by atoms with Crippen LogP contribution in [-0.4, -0.2) is 110 Å². The van der Waals surface area contributed by atoms with E-state index in [4.69, 9.17) is 19.4 Å². The number of piperidine rings is 3. The number of nitrogens with zero attached hydrogens (tertiary/aromatic N) is 8. The van der Waals surface area contributed by atoms with E-state index in [1.165, 1.54) is 80.2 Å². The summed E-state index contributed by atoms with van der Waals surface area (Å²) in [5.74, 6) is 0.151. The predicted molar refractivity (Wildman–Crippen MR) is 249 cm³/mol. The van der Waals surface area contributed by atoms with Crippen LogP contribution in [0.3, 0.4) is 0 Å². The number of likely N-dealkylation sites (tertiary alicyclic amines) is 2. The van der Waals surface area contributed by atoms with Crippen molar-refractivity contribution in [3.05, 3.63) is 77.6 Å². The molecule has 2 aliphatic carbocycles. The fraction of sp³-hybridized carbons (Fsp3) is 0.538. The van der Waals surface area contributed by atoms with Crippen LogP contribution in [0.4, 0.5) is 14.6 Å². The van der Waals surface area contributed by atoms with Crippen LogP contribution in [0.5, 0.6) is 11.8 Å². The monoisotopic (exact) mass is 882 g/mol. The smallest absolute Gasteiger partial charge is 0.319 e. The minimum Gasteiger partial charge on any atom is -0.508 e. The van der Waals surface area contributed by atoms with Crippen molar-refractivity contribution < 1.29 is 23.4 Å². The molecule has 0 amide bonds. The predicted octanol–water partition coefficient (Wildman–Crippen LogP) is 9.32. The first-order valence-corrected chi connectivity index (χ1v) is 24.3. The highest BCUT2D eigenvalue weighted by atomic mass is 19.1. The molecule has 4 aliphatic heterocycles. The Bertz CT molecular complexity index is 2800. The van der Waals surface area contributed by atoms with Crippen molar-refractivity contribution >= 4 is 38.4 Å². The van der Waals surface area contributed by atoms with E-state index in [2.05, 4.69) is 43.0 Å². The second-order valence-electron chi connectivity index (χ2n) is 20.8. The van der Waals surface area contributed by atoms with Gasteiger partial charge in [-0.3, -0.25) is 9.67 Å². The van der Waals surface area contributed by atoms with Crippen LogP contribution in [0.1, 0.15) is 94.6 Å². The molecule has 0 unspecified atom stereocenters. The van der Waals surface area contributed by atoms with Crippen LogP contribution < -0.4 is 9.64 Å². The zero-order valence-corrected chi connectivity index (χ0v) is 37.8. The molecule has 12 rings (SSSR count). The number of rotatable bonds is 10. The number of hydrogen-bond acceptors (Lipinski definition) is 10. The number of hydrogen-bond donors (Lipinski definition) is 1. The van der Waals surface area contributed by atoms with Gasteiger partial charge in [0, 0.05) is 61.7 Å². The lowest BCUT2D eigenvalue weighted by molar-refractivity contribution is -0.151. The topological polar surface area (TPSA) is 105 Å². The van der Waals surface area contributed by atoms with Gasteiger partial charge >= 0.3 is 6.01 Å². The molecule has 6 fully saturated rings. The fourth-order valence-corrected chi connectivity index (χ4v) is 12.6. The normalized spacial score (nSPS) is 23.7. The van der Waals surface area contributed by atoms with Crippen molar-refractivity contribution in [2.24, 2.45) is 17.9 Å². The number of aryl methyl sites for hydroxylation is 2. The maximum Gasteiger partial charge on any atom is 0.319 e. The average Bonchev–Trinajstić information content (AvgIpc) is 3.98. The summed E-state index contributed by atoms with van der Waals surface area (Å²) in [7, 11) is 2.03. The van der Waals surface area contributed by atoms with E-state index >= 15 is 8.78 Å². The Morgan fingerprint density at radius 3 is 2.45 bits per heavy atom. The number of phenols is 1. The maximum absolute atomic E-state index is 17.2. The van der Waals surface area contributed by atoms with Crippen molar-refractivity contribution in [1.29, 1.82) is 0 Å². The summed E-state index contributed by atoms with van der Waals surface area (Å²) in [6.45, 7) is 10.1. The number of phenolic OH excluding ortho intramolecular Hbond substituents is 1. The van der Waals surface area contributed by atoms with E-state index in [1.807, 2.05) is 24.9 Å². The quantitative estimate of drug-likeness (QED) is 0.143. The van der Waals surface area contributed by atoms with E-state index in [-0.39, 0.29) is 39.8 Å². The third kappa shape index (κ3) is 7.40. The van der Waals surface area contributed by atoms with Crippen LogP contribution in [0.25, 0.3) is 43.8 Å². The van der Waals surface area contributed by atoms with E-state index in [0.29, 0.717) is 64.0 Å². The van der Waals surface area contributed by atoms with E-state index in [1.54, 1.807) is 18.3 Å². The van der Waals surface area contributed by atoms with Crippen LogP contribution in [0, 0.1) is 22.5 Å². The second kappa shape index (κ2) is 15.8. The molecule has 6 aromatic rings. The number of ether oxygens (including phenoxy) is 2. The fourth-order valence-electron chi connectivity index (χ4n) is 12.6. The van der Waals surface area contributed by atoms with Gasteiger partial charge in [0.2, 0.25) is 0 Å². The summed E-state index contributed by atoms with van der Waals surface area (Å²) in [6.07, 6.45) is 16.7. The molecule has 11 nitrogen and oxygen atoms in total. The molecule has 13 heteroatoms. The summed E-state index contributed by atoms with van der Waals surface area (Å²) in [4.78, 5) is 22.1. The van der Waals surface area contributed by atoms with E-state index in [9.17, 15) is 5.11 Å². The molecule has 7 heterocycles. The van der Waals surface area contributed by atoms with Gasteiger partial charge in [-0.05, 0) is 154 Å². The zero-order chi connectivity index (χ0) is 44.1. The summed E-state index contributed by atoms with van der Waals surface area (Å²) in [5, 5.41) is 18.1. The van der Waals surface area contributed by atoms with Crippen LogP contribution >= 0.6 is 0 Å². The van der Waals surface area contributed by atoms with Crippen molar-refractivity contribution in [3.63, 3.8) is 0 Å². The van der Waals surface area contributed by atoms with Gasteiger partial charge < -0.3 is 29.3 Å². The number of aromatic hydroxyl groups is 1. The lowest BCUT2D eigenvalue weighted by Crippen LogP contribution is -2.56. The lowest BCUT2D eigenvalue weighted by Gasteiger charge is -2.56.